The third-order valence-electron chi connectivity index (χ3n) is 3.60. The molecule has 0 aliphatic rings. The van der Waals surface area contributed by atoms with Gasteiger partial charge in [-0.1, -0.05) is 60.3 Å². The van der Waals surface area contributed by atoms with Crippen LogP contribution in [0.2, 0.25) is 0 Å². The van der Waals surface area contributed by atoms with Crippen LogP contribution >= 0.6 is 11.8 Å². The number of carbonyl (C=O) groups is 1. The molecule has 0 aliphatic heterocycles. The fourth-order valence-corrected chi connectivity index (χ4v) is 3.49. The van der Waals surface area contributed by atoms with Gasteiger partial charge in [0.15, 0.2) is 5.16 Å². The summed E-state index contributed by atoms with van der Waals surface area (Å²) in [5, 5.41) is 11.4. The maximum absolute atomic E-state index is 12.3. The number of benzene rings is 2. The van der Waals surface area contributed by atoms with E-state index in [2.05, 4.69) is 15.5 Å². The summed E-state index contributed by atoms with van der Waals surface area (Å²) in [6, 6.07) is 19.8. The lowest BCUT2D eigenvalue weighted by Gasteiger charge is -2.15. The van der Waals surface area contributed by atoms with Crippen molar-refractivity contribution >= 4 is 17.7 Å². The molecule has 1 aromatic heterocycles. The quantitative estimate of drug-likeness (QED) is 0.702. The molecule has 3 aromatic rings. The number of nitrogens with one attached hydrogen (secondary N) is 1. The molecule has 0 radical (unpaired) electrons. The maximum atomic E-state index is 12.3. The van der Waals surface area contributed by atoms with Gasteiger partial charge in [-0.2, -0.15) is 0 Å². The fraction of sp³-hybridized carbons (Fsp3) is 0.167. The highest BCUT2D eigenvalue weighted by Gasteiger charge is 2.22. The summed E-state index contributed by atoms with van der Waals surface area (Å²) in [6.07, 6.45) is 2.30. The number of rotatable bonds is 6. The Kier molecular flexibility index (Phi) is 5.28. The molecule has 0 saturated heterocycles. The summed E-state index contributed by atoms with van der Waals surface area (Å²) in [4.78, 5) is 12.3. The Morgan fingerprint density at radius 1 is 1.12 bits per heavy atom. The molecule has 6 heteroatoms. The van der Waals surface area contributed by atoms with E-state index in [-0.39, 0.29) is 11.2 Å². The van der Waals surface area contributed by atoms with Crippen molar-refractivity contribution in [1.29, 1.82) is 0 Å². The summed E-state index contributed by atoms with van der Waals surface area (Å²) < 4.78 is 1.89. The summed E-state index contributed by atoms with van der Waals surface area (Å²) in [7, 11) is 1.66. The lowest BCUT2D eigenvalue weighted by atomic mass is 10.1. The van der Waals surface area contributed by atoms with E-state index in [0.717, 1.165) is 11.3 Å². The number of para-hydroxylation sites is 1. The SMILES string of the molecule is CNC(=O)[C@@H](Cc1ccccc1)Sc1nncn1-c1ccccc1. The van der Waals surface area contributed by atoms with Gasteiger partial charge in [-0.05, 0) is 24.1 Å². The molecule has 1 atom stereocenters. The molecular weight excluding hydrogens is 320 g/mol. The monoisotopic (exact) mass is 338 g/mol. The molecule has 24 heavy (non-hydrogen) atoms. The Morgan fingerprint density at radius 2 is 1.79 bits per heavy atom. The van der Waals surface area contributed by atoms with Gasteiger partial charge < -0.3 is 5.32 Å². The molecule has 0 bridgehead atoms. The van der Waals surface area contributed by atoms with Crippen LogP contribution in [0.5, 0.6) is 0 Å². The van der Waals surface area contributed by atoms with Crippen LogP contribution in [-0.2, 0) is 11.2 Å². The Morgan fingerprint density at radius 3 is 2.46 bits per heavy atom. The maximum Gasteiger partial charge on any atom is 0.233 e. The molecule has 1 amide bonds. The normalized spacial score (nSPS) is 11.9. The number of nitrogens with zero attached hydrogens (tertiary/aromatic N) is 3. The third-order valence-corrected chi connectivity index (χ3v) is 4.76. The molecule has 1 heterocycles. The van der Waals surface area contributed by atoms with Gasteiger partial charge in [-0.3, -0.25) is 9.36 Å². The molecule has 0 fully saturated rings. The second-order valence-corrected chi connectivity index (χ2v) is 6.40. The minimum atomic E-state index is -0.274. The summed E-state index contributed by atoms with van der Waals surface area (Å²) in [6.45, 7) is 0. The zero-order valence-corrected chi connectivity index (χ0v) is 14.1. The van der Waals surface area contributed by atoms with Crippen molar-refractivity contribution < 1.29 is 4.79 Å². The first kappa shape index (κ1) is 16.3. The van der Waals surface area contributed by atoms with Gasteiger partial charge in [0.05, 0.1) is 5.25 Å². The van der Waals surface area contributed by atoms with Crippen LogP contribution in [0.1, 0.15) is 5.56 Å². The number of hydrogen-bond acceptors (Lipinski definition) is 4. The van der Waals surface area contributed by atoms with Crippen molar-refractivity contribution in [2.75, 3.05) is 7.05 Å². The minimum absolute atomic E-state index is 0.0218. The zero-order valence-electron chi connectivity index (χ0n) is 13.3. The predicted molar refractivity (Wildman–Crippen MR) is 95.2 cm³/mol. The highest BCUT2D eigenvalue weighted by atomic mass is 32.2. The molecule has 2 aromatic carbocycles. The molecule has 0 spiro atoms. The Labute approximate surface area is 145 Å². The van der Waals surface area contributed by atoms with Gasteiger partial charge in [0.1, 0.15) is 6.33 Å². The average Bonchev–Trinajstić information content (AvgIpc) is 3.10. The number of aromatic nitrogens is 3. The van der Waals surface area contributed by atoms with Crippen LogP contribution in [0.4, 0.5) is 0 Å². The fourth-order valence-electron chi connectivity index (χ4n) is 2.37. The lowest BCUT2D eigenvalue weighted by Crippen LogP contribution is -2.31. The van der Waals surface area contributed by atoms with Crippen molar-refractivity contribution in [3.8, 4) is 5.69 Å². The van der Waals surface area contributed by atoms with E-state index in [1.807, 2.05) is 65.2 Å². The first-order valence-corrected chi connectivity index (χ1v) is 8.53. The second kappa shape index (κ2) is 7.79. The summed E-state index contributed by atoms with van der Waals surface area (Å²) in [5.74, 6) is -0.0218. The third kappa shape index (κ3) is 3.83. The lowest BCUT2D eigenvalue weighted by molar-refractivity contribution is -0.120. The number of amides is 1. The number of hydrogen-bond donors (Lipinski definition) is 1. The van der Waals surface area contributed by atoms with Crippen LogP contribution in [0.3, 0.4) is 0 Å². The van der Waals surface area contributed by atoms with Crippen LogP contribution in [0, 0.1) is 0 Å². The predicted octanol–water partition coefficient (Wildman–Crippen LogP) is 2.72. The van der Waals surface area contributed by atoms with Crippen molar-refractivity contribution in [2.45, 2.75) is 16.8 Å². The topological polar surface area (TPSA) is 59.8 Å². The van der Waals surface area contributed by atoms with Gasteiger partial charge in [0, 0.05) is 12.7 Å². The van der Waals surface area contributed by atoms with E-state index < -0.39 is 0 Å². The summed E-state index contributed by atoms with van der Waals surface area (Å²) >= 11 is 1.42. The van der Waals surface area contributed by atoms with E-state index in [4.69, 9.17) is 0 Å². The molecule has 0 unspecified atom stereocenters. The average molecular weight is 338 g/mol. The standard InChI is InChI=1S/C18H18N4OS/c1-19-17(23)16(12-14-8-4-2-5-9-14)24-18-21-20-13-22(18)15-10-6-3-7-11-15/h2-11,13,16H,12H2,1H3,(H,19,23)/t16-/m1/s1. The van der Waals surface area contributed by atoms with Crippen molar-refractivity contribution in [2.24, 2.45) is 0 Å². The highest BCUT2D eigenvalue weighted by molar-refractivity contribution is 8.00. The molecular formula is C18H18N4OS. The molecule has 0 aliphatic carbocycles. The van der Waals surface area contributed by atoms with Crippen LogP contribution in [0.25, 0.3) is 5.69 Å². The van der Waals surface area contributed by atoms with E-state index in [1.165, 1.54) is 11.8 Å². The smallest absolute Gasteiger partial charge is 0.233 e. The van der Waals surface area contributed by atoms with E-state index in [0.29, 0.717) is 11.6 Å². The van der Waals surface area contributed by atoms with E-state index >= 15 is 0 Å². The molecule has 3 rings (SSSR count). The largest absolute Gasteiger partial charge is 0.358 e. The van der Waals surface area contributed by atoms with Crippen LogP contribution in [0.15, 0.2) is 72.1 Å². The van der Waals surface area contributed by atoms with E-state index in [1.54, 1.807) is 13.4 Å². The van der Waals surface area contributed by atoms with Crippen molar-refractivity contribution in [1.82, 2.24) is 20.1 Å². The Balaban J connectivity index is 1.84. The first-order valence-electron chi connectivity index (χ1n) is 7.65. The van der Waals surface area contributed by atoms with Gasteiger partial charge in [-0.15, -0.1) is 10.2 Å². The van der Waals surface area contributed by atoms with Gasteiger partial charge in [0.2, 0.25) is 5.91 Å². The van der Waals surface area contributed by atoms with Gasteiger partial charge >= 0.3 is 0 Å². The van der Waals surface area contributed by atoms with Gasteiger partial charge in [-0.25, -0.2) is 0 Å². The number of carbonyl (C=O) groups excluding carboxylic acids is 1. The van der Waals surface area contributed by atoms with Crippen molar-refractivity contribution in [3.05, 3.63) is 72.6 Å². The van der Waals surface area contributed by atoms with Crippen LogP contribution in [-0.4, -0.2) is 33.0 Å². The first-order chi connectivity index (χ1) is 11.8. The Bertz CT molecular complexity index is 789. The van der Waals surface area contributed by atoms with E-state index in [9.17, 15) is 4.79 Å². The zero-order chi connectivity index (χ0) is 16.8. The Hall–Kier alpha value is -2.60. The van der Waals surface area contributed by atoms with Crippen molar-refractivity contribution in [3.63, 3.8) is 0 Å². The highest BCUT2D eigenvalue weighted by Crippen LogP contribution is 2.26. The minimum Gasteiger partial charge on any atom is -0.358 e. The number of thioether (sulfide) groups is 1. The molecule has 5 nitrogen and oxygen atoms in total. The molecule has 122 valence electrons. The second-order valence-electron chi connectivity index (χ2n) is 5.23. The van der Waals surface area contributed by atoms with Gasteiger partial charge in [0.25, 0.3) is 0 Å². The molecule has 0 saturated carbocycles. The molecule has 1 N–H and O–H groups in total. The summed E-state index contributed by atoms with van der Waals surface area (Å²) in [5.41, 5.74) is 2.09. The van der Waals surface area contributed by atoms with Crippen LogP contribution < -0.4 is 5.32 Å².